The number of benzene rings is 1. The lowest BCUT2D eigenvalue weighted by Gasteiger charge is -2.21. The molecule has 26 heavy (non-hydrogen) atoms. The fraction of sp³-hybridized carbons (Fsp3) is 0.500. The molecule has 2 aromatic rings. The molecular weight excluding hydrogens is 455 g/mol. The number of thiazole rings is 1. The molecule has 1 aliphatic heterocycles. The van der Waals surface area contributed by atoms with Crippen LogP contribution in [-0.2, 0) is 6.42 Å². The average Bonchev–Trinajstić information content (AvgIpc) is 3.28. The zero-order valence-corrected chi connectivity index (χ0v) is 18.8. The maximum absolute atomic E-state index is 4.53. The Balaban J connectivity index is 0.00000243. The van der Waals surface area contributed by atoms with E-state index in [1.165, 1.54) is 23.4 Å². The molecule has 1 atom stereocenters. The van der Waals surface area contributed by atoms with Crippen molar-refractivity contribution in [2.45, 2.75) is 38.5 Å². The predicted octanol–water partition coefficient (Wildman–Crippen LogP) is 4.46. The van der Waals surface area contributed by atoms with Gasteiger partial charge in [-0.1, -0.05) is 30.3 Å². The molecule has 1 saturated heterocycles. The van der Waals surface area contributed by atoms with Gasteiger partial charge in [-0.15, -0.1) is 35.3 Å². The first-order valence-electron chi connectivity index (χ1n) is 9.18. The van der Waals surface area contributed by atoms with Crippen molar-refractivity contribution in [3.8, 4) is 0 Å². The van der Waals surface area contributed by atoms with Gasteiger partial charge in [-0.05, 0) is 38.2 Å². The van der Waals surface area contributed by atoms with Crippen molar-refractivity contribution in [2.75, 3.05) is 26.7 Å². The van der Waals surface area contributed by atoms with Crippen LogP contribution < -0.4 is 5.32 Å². The van der Waals surface area contributed by atoms with Gasteiger partial charge >= 0.3 is 0 Å². The van der Waals surface area contributed by atoms with E-state index in [1.807, 2.05) is 7.05 Å². The quantitative estimate of drug-likeness (QED) is 0.285. The van der Waals surface area contributed by atoms with Crippen LogP contribution in [0, 0.1) is 6.92 Å². The van der Waals surface area contributed by atoms with Crippen molar-refractivity contribution in [1.29, 1.82) is 0 Å². The Morgan fingerprint density at radius 2 is 2.12 bits per heavy atom. The first-order chi connectivity index (χ1) is 12.3. The summed E-state index contributed by atoms with van der Waals surface area (Å²) in [4.78, 5) is 11.4. The fourth-order valence-electron chi connectivity index (χ4n) is 3.40. The second-order valence-corrected chi connectivity index (χ2v) is 7.60. The first-order valence-corrected chi connectivity index (χ1v) is 10.1. The highest BCUT2D eigenvalue weighted by Crippen LogP contribution is 2.26. The van der Waals surface area contributed by atoms with Crippen LogP contribution in [0.25, 0.3) is 0 Å². The lowest BCUT2D eigenvalue weighted by atomic mass is 9.99. The number of nitrogens with one attached hydrogen (secondary N) is 1. The molecular formula is C20H29IN4S. The van der Waals surface area contributed by atoms with E-state index in [4.69, 9.17) is 0 Å². The molecule has 142 valence electrons. The van der Waals surface area contributed by atoms with Gasteiger partial charge in [0.25, 0.3) is 0 Å². The number of hydrogen-bond donors (Lipinski definition) is 1. The predicted molar refractivity (Wildman–Crippen MR) is 122 cm³/mol. The van der Waals surface area contributed by atoms with Crippen LogP contribution in [0.15, 0.2) is 40.7 Å². The maximum atomic E-state index is 4.53. The largest absolute Gasteiger partial charge is 0.356 e. The number of rotatable bonds is 6. The number of aryl methyl sites for hydroxylation is 2. The van der Waals surface area contributed by atoms with Crippen molar-refractivity contribution in [3.63, 3.8) is 0 Å². The average molecular weight is 484 g/mol. The van der Waals surface area contributed by atoms with Gasteiger partial charge in [0, 0.05) is 43.7 Å². The lowest BCUT2D eigenvalue weighted by molar-refractivity contribution is 0.484. The second kappa shape index (κ2) is 10.9. The Hall–Kier alpha value is -1.15. The summed E-state index contributed by atoms with van der Waals surface area (Å²) in [6.45, 7) is 5.17. The van der Waals surface area contributed by atoms with Gasteiger partial charge in [0.15, 0.2) is 5.96 Å². The van der Waals surface area contributed by atoms with Gasteiger partial charge < -0.3 is 10.2 Å². The van der Waals surface area contributed by atoms with Crippen molar-refractivity contribution in [1.82, 2.24) is 15.2 Å². The summed E-state index contributed by atoms with van der Waals surface area (Å²) in [6, 6.07) is 10.8. The highest BCUT2D eigenvalue weighted by molar-refractivity contribution is 14.0. The molecule has 4 nitrogen and oxygen atoms in total. The third-order valence-corrected chi connectivity index (χ3v) is 5.76. The normalized spacial score (nSPS) is 17.2. The molecule has 1 unspecified atom stereocenters. The van der Waals surface area contributed by atoms with E-state index in [9.17, 15) is 0 Å². The van der Waals surface area contributed by atoms with E-state index in [2.05, 4.69) is 62.8 Å². The Bertz CT molecular complexity index is 686. The van der Waals surface area contributed by atoms with Crippen LogP contribution in [0.4, 0.5) is 0 Å². The summed E-state index contributed by atoms with van der Waals surface area (Å²) in [7, 11) is 1.89. The topological polar surface area (TPSA) is 40.5 Å². The van der Waals surface area contributed by atoms with Gasteiger partial charge in [0.05, 0.1) is 5.01 Å². The number of nitrogens with zero attached hydrogens (tertiary/aromatic N) is 3. The summed E-state index contributed by atoms with van der Waals surface area (Å²) in [5, 5.41) is 6.92. The van der Waals surface area contributed by atoms with Crippen LogP contribution in [0.3, 0.4) is 0 Å². The summed E-state index contributed by atoms with van der Waals surface area (Å²) in [5.41, 5.74) is 2.58. The van der Waals surface area contributed by atoms with E-state index in [1.54, 1.807) is 11.3 Å². The zero-order chi connectivity index (χ0) is 17.5. The Labute approximate surface area is 178 Å². The smallest absolute Gasteiger partial charge is 0.193 e. The van der Waals surface area contributed by atoms with Crippen LogP contribution in [-0.4, -0.2) is 42.5 Å². The van der Waals surface area contributed by atoms with E-state index in [0.29, 0.717) is 5.92 Å². The fourth-order valence-corrected chi connectivity index (χ4v) is 4.22. The molecule has 1 aliphatic rings. The molecule has 1 aromatic carbocycles. The molecule has 1 fully saturated rings. The molecule has 1 aromatic heterocycles. The van der Waals surface area contributed by atoms with Gasteiger partial charge in [0.1, 0.15) is 0 Å². The zero-order valence-electron chi connectivity index (χ0n) is 15.6. The van der Waals surface area contributed by atoms with Gasteiger partial charge in [-0.3, -0.25) is 4.99 Å². The molecule has 0 saturated carbocycles. The number of aliphatic imine (C=N–C) groups is 1. The molecule has 0 radical (unpaired) electrons. The van der Waals surface area contributed by atoms with Crippen molar-refractivity contribution in [3.05, 3.63) is 52.0 Å². The third kappa shape index (κ3) is 5.94. The lowest BCUT2D eigenvalue weighted by Crippen LogP contribution is -2.40. The highest BCUT2D eigenvalue weighted by Gasteiger charge is 2.25. The van der Waals surface area contributed by atoms with Crippen LogP contribution in [0.1, 0.15) is 41.4 Å². The second-order valence-electron chi connectivity index (χ2n) is 6.66. The highest BCUT2D eigenvalue weighted by atomic mass is 127. The van der Waals surface area contributed by atoms with Gasteiger partial charge in [0.2, 0.25) is 0 Å². The number of guanidine groups is 1. The summed E-state index contributed by atoms with van der Waals surface area (Å²) in [6.07, 6.45) is 4.60. The molecule has 0 bridgehead atoms. The van der Waals surface area contributed by atoms with E-state index >= 15 is 0 Å². The molecule has 3 rings (SSSR count). The number of likely N-dealkylation sites (tertiary alicyclic amines) is 1. The third-order valence-electron chi connectivity index (χ3n) is 4.74. The standard InChI is InChI=1S/C20H28N4S.HI/c1-16-15-25-19(23-16)10-6-7-12-22-20(21-2)24-13-11-18(14-24)17-8-4-3-5-9-17;/h3-5,8-9,15,18H,6-7,10-14H2,1-2H3,(H,21,22);1H. The molecule has 0 amide bonds. The number of aromatic nitrogens is 1. The van der Waals surface area contributed by atoms with Crippen LogP contribution in [0.2, 0.25) is 0 Å². The Morgan fingerprint density at radius 1 is 1.31 bits per heavy atom. The summed E-state index contributed by atoms with van der Waals surface area (Å²) in [5.74, 6) is 1.66. The number of unbranched alkanes of at least 4 members (excludes halogenated alkanes) is 1. The Kier molecular flexibility index (Phi) is 8.84. The van der Waals surface area contributed by atoms with Crippen molar-refractivity contribution >= 4 is 41.3 Å². The van der Waals surface area contributed by atoms with E-state index in [0.717, 1.165) is 44.1 Å². The molecule has 1 N–H and O–H groups in total. The monoisotopic (exact) mass is 484 g/mol. The molecule has 2 heterocycles. The minimum atomic E-state index is 0. The summed E-state index contributed by atoms with van der Waals surface area (Å²) >= 11 is 1.77. The SMILES string of the molecule is CN=C(NCCCCc1nc(C)cs1)N1CCC(c2ccccc2)C1.I. The number of halogens is 1. The maximum Gasteiger partial charge on any atom is 0.193 e. The molecule has 6 heteroatoms. The number of hydrogen-bond acceptors (Lipinski definition) is 3. The van der Waals surface area contributed by atoms with E-state index in [-0.39, 0.29) is 24.0 Å². The first kappa shape index (κ1) is 21.2. The minimum absolute atomic E-state index is 0. The molecule has 0 spiro atoms. The Morgan fingerprint density at radius 3 is 2.81 bits per heavy atom. The van der Waals surface area contributed by atoms with Crippen molar-refractivity contribution < 1.29 is 0 Å². The van der Waals surface area contributed by atoms with Gasteiger partial charge in [-0.25, -0.2) is 4.98 Å². The van der Waals surface area contributed by atoms with Gasteiger partial charge in [-0.2, -0.15) is 0 Å². The minimum Gasteiger partial charge on any atom is -0.356 e. The van der Waals surface area contributed by atoms with E-state index < -0.39 is 0 Å². The van der Waals surface area contributed by atoms with Crippen LogP contribution >= 0.6 is 35.3 Å². The molecule has 0 aliphatic carbocycles. The van der Waals surface area contributed by atoms with Crippen LogP contribution in [0.5, 0.6) is 0 Å². The van der Waals surface area contributed by atoms with Crippen molar-refractivity contribution in [2.24, 2.45) is 4.99 Å². The summed E-state index contributed by atoms with van der Waals surface area (Å²) < 4.78 is 0.